The molecule has 0 aliphatic carbocycles. The van der Waals surface area contributed by atoms with Crippen LogP contribution in [0.1, 0.15) is 16.1 Å². The predicted molar refractivity (Wildman–Crippen MR) is 105 cm³/mol. The zero-order valence-corrected chi connectivity index (χ0v) is 16.0. The maximum atomic E-state index is 11.5. The highest BCUT2D eigenvalue weighted by atomic mass is 35.5. The zero-order chi connectivity index (χ0) is 18.7. The van der Waals surface area contributed by atoms with Crippen molar-refractivity contribution in [3.63, 3.8) is 0 Å². The molecule has 0 unspecified atom stereocenters. The Morgan fingerprint density at radius 2 is 2.08 bits per heavy atom. The summed E-state index contributed by atoms with van der Waals surface area (Å²) < 4.78 is 0. The van der Waals surface area contributed by atoms with Crippen molar-refractivity contribution in [3.05, 3.63) is 54.9 Å². The van der Waals surface area contributed by atoms with Gasteiger partial charge in [-0.2, -0.15) is 5.10 Å². The summed E-state index contributed by atoms with van der Waals surface area (Å²) in [6, 6.07) is 5.63. The van der Waals surface area contributed by atoms with Gasteiger partial charge in [0.25, 0.3) is 5.56 Å². The number of benzene rings is 1. The molecule has 2 aromatic heterocycles. The monoisotopic (exact) mass is 409 g/mol. The normalized spacial score (nSPS) is 11.1. The summed E-state index contributed by atoms with van der Waals surface area (Å²) in [4.78, 5) is 18.8. The van der Waals surface area contributed by atoms with Gasteiger partial charge in [-0.05, 0) is 31.5 Å². The van der Waals surface area contributed by atoms with Crippen LogP contribution in [0.2, 0.25) is 10.2 Å². The van der Waals surface area contributed by atoms with Gasteiger partial charge in [0.05, 0.1) is 11.1 Å². The lowest BCUT2D eigenvalue weighted by molar-refractivity contribution is 0.897. The van der Waals surface area contributed by atoms with Crippen LogP contribution in [-0.2, 0) is 0 Å². The van der Waals surface area contributed by atoms with E-state index in [-0.39, 0.29) is 17.2 Å². The van der Waals surface area contributed by atoms with Crippen molar-refractivity contribution in [2.45, 2.75) is 13.8 Å². The van der Waals surface area contributed by atoms with Gasteiger partial charge in [0, 0.05) is 10.7 Å². The van der Waals surface area contributed by atoms with Gasteiger partial charge >= 0.3 is 0 Å². The highest BCUT2D eigenvalue weighted by Gasteiger charge is 2.08. The molecule has 0 fully saturated rings. The van der Waals surface area contributed by atoms with Crippen LogP contribution in [0, 0.1) is 13.8 Å². The molecule has 134 valence electrons. The lowest BCUT2D eigenvalue weighted by Crippen LogP contribution is -2.15. The van der Waals surface area contributed by atoms with Crippen molar-refractivity contribution in [2.24, 2.45) is 5.10 Å². The number of halogens is 2. The van der Waals surface area contributed by atoms with E-state index in [1.807, 2.05) is 25.1 Å². The zero-order valence-electron chi connectivity index (χ0n) is 13.7. The molecule has 0 amide bonds. The standard InChI is InChI=1S/C15H13Cl2N7OS/c1-7-3-4-9(5-10(7)16)19-15-20-12(17)11(26-15)6-18-23-14-21-13(25)8(2)22-24-14/h3-6H,1-2H3,(H,19,20)(H2,21,23,24,25)/b18-6+. The van der Waals surface area contributed by atoms with Crippen LogP contribution in [0.15, 0.2) is 28.1 Å². The molecule has 11 heteroatoms. The molecule has 0 saturated carbocycles. The number of hydrazone groups is 1. The number of anilines is 3. The van der Waals surface area contributed by atoms with E-state index in [1.54, 1.807) is 6.92 Å². The van der Waals surface area contributed by atoms with E-state index < -0.39 is 0 Å². The van der Waals surface area contributed by atoms with Gasteiger partial charge in [0.2, 0.25) is 5.95 Å². The molecule has 26 heavy (non-hydrogen) atoms. The lowest BCUT2D eigenvalue weighted by Gasteiger charge is -2.04. The van der Waals surface area contributed by atoms with E-state index in [2.05, 4.69) is 36.0 Å². The minimum Gasteiger partial charge on any atom is -0.331 e. The summed E-state index contributed by atoms with van der Waals surface area (Å²) in [7, 11) is 0. The van der Waals surface area contributed by atoms with Crippen molar-refractivity contribution < 1.29 is 0 Å². The second kappa shape index (κ2) is 7.81. The fraction of sp³-hybridized carbons (Fsp3) is 0.133. The first kappa shape index (κ1) is 18.3. The van der Waals surface area contributed by atoms with Gasteiger partial charge in [-0.1, -0.05) is 40.6 Å². The molecule has 0 radical (unpaired) electrons. The Balaban J connectivity index is 1.70. The van der Waals surface area contributed by atoms with Gasteiger partial charge in [-0.25, -0.2) is 10.4 Å². The van der Waals surface area contributed by atoms with Crippen LogP contribution in [-0.4, -0.2) is 26.4 Å². The Morgan fingerprint density at radius 1 is 1.27 bits per heavy atom. The number of H-pyrrole nitrogens is 1. The lowest BCUT2D eigenvalue weighted by atomic mass is 10.2. The van der Waals surface area contributed by atoms with Gasteiger partial charge in [0.15, 0.2) is 10.3 Å². The van der Waals surface area contributed by atoms with E-state index in [0.717, 1.165) is 11.3 Å². The minimum atomic E-state index is -0.336. The summed E-state index contributed by atoms with van der Waals surface area (Å²) >= 11 is 13.5. The third kappa shape index (κ3) is 4.37. The molecule has 0 aliphatic rings. The van der Waals surface area contributed by atoms with Crippen LogP contribution >= 0.6 is 34.5 Å². The summed E-state index contributed by atoms with van der Waals surface area (Å²) in [6.07, 6.45) is 1.48. The maximum Gasteiger partial charge on any atom is 0.274 e. The second-order valence-electron chi connectivity index (χ2n) is 5.22. The number of hydrogen-bond donors (Lipinski definition) is 3. The molecule has 2 heterocycles. The Kier molecular flexibility index (Phi) is 5.50. The summed E-state index contributed by atoms with van der Waals surface area (Å²) in [6.45, 7) is 3.49. The Bertz CT molecular complexity index is 1030. The second-order valence-corrected chi connectivity index (χ2v) is 7.02. The van der Waals surface area contributed by atoms with Gasteiger partial charge in [-0.15, -0.1) is 10.2 Å². The van der Waals surface area contributed by atoms with Crippen LogP contribution in [0.5, 0.6) is 0 Å². The van der Waals surface area contributed by atoms with Crippen molar-refractivity contribution >= 4 is 57.5 Å². The fourth-order valence-electron chi connectivity index (χ4n) is 1.84. The number of nitrogens with zero attached hydrogens (tertiary/aromatic N) is 4. The maximum absolute atomic E-state index is 11.5. The molecule has 3 rings (SSSR count). The number of hydrogen-bond acceptors (Lipinski definition) is 8. The van der Waals surface area contributed by atoms with E-state index in [9.17, 15) is 4.79 Å². The summed E-state index contributed by atoms with van der Waals surface area (Å²) in [5, 5.41) is 16.1. The topological polar surface area (TPSA) is 108 Å². The SMILES string of the molecule is Cc1ccc(Nc2nc(Cl)c(/C=N/Nc3nnc(C)c(=O)[nH]3)s2)cc1Cl. The molecule has 0 saturated heterocycles. The average Bonchev–Trinajstić information content (AvgIpc) is 2.94. The fourth-order valence-corrected chi connectivity index (χ4v) is 3.07. The molecule has 8 nitrogen and oxygen atoms in total. The Labute approximate surface area is 162 Å². The van der Waals surface area contributed by atoms with Gasteiger partial charge < -0.3 is 5.32 Å². The van der Waals surface area contributed by atoms with Crippen LogP contribution < -0.4 is 16.3 Å². The number of aromatic nitrogens is 4. The number of aryl methyl sites for hydroxylation is 2. The third-order valence-electron chi connectivity index (χ3n) is 3.25. The molecule has 0 aliphatic heterocycles. The van der Waals surface area contributed by atoms with Gasteiger partial charge in [-0.3, -0.25) is 9.78 Å². The molecule has 1 aromatic carbocycles. The van der Waals surface area contributed by atoms with Crippen LogP contribution in [0.3, 0.4) is 0 Å². The van der Waals surface area contributed by atoms with E-state index in [1.165, 1.54) is 17.6 Å². The van der Waals surface area contributed by atoms with Gasteiger partial charge in [0.1, 0.15) is 5.69 Å². The van der Waals surface area contributed by atoms with E-state index in [4.69, 9.17) is 23.2 Å². The van der Waals surface area contributed by atoms with Crippen molar-refractivity contribution in [3.8, 4) is 0 Å². The molecule has 0 bridgehead atoms. The number of nitrogens with one attached hydrogen (secondary N) is 3. The molecule has 3 N–H and O–H groups in total. The van der Waals surface area contributed by atoms with Crippen molar-refractivity contribution in [1.82, 2.24) is 20.2 Å². The molecular formula is C15H13Cl2N7OS. The Morgan fingerprint density at radius 3 is 2.81 bits per heavy atom. The number of aromatic amines is 1. The quantitative estimate of drug-likeness (QED) is 0.437. The average molecular weight is 410 g/mol. The number of rotatable bonds is 5. The molecule has 3 aromatic rings. The summed E-state index contributed by atoms with van der Waals surface area (Å²) in [5.41, 5.74) is 4.32. The third-order valence-corrected chi connectivity index (χ3v) is 4.96. The largest absolute Gasteiger partial charge is 0.331 e. The smallest absolute Gasteiger partial charge is 0.274 e. The molecule has 0 spiro atoms. The molecular weight excluding hydrogens is 397 g/mol. The first-order chi connectivity index (χ1) is 12.4. The van der Waals surface area contributed by atoms with Crippen LogP contribution in [0.4, 0.5) is 16.8 Å². The van der Waals surface area contributed by atoms with Crippen LogP contribution in [0.25, 0.3) is 0 Å². The van der Waals surface area contributed by atoms with E-state index in [0.29, 0.717) is 20.2 Å². The summed E-state index contributed by atoms with van der Waals surface area (Å²) in [5.74, 6) is 0.130. The Hall–Kier alpha value is -2.49. The molecule has 0 atom stereocenters. The first-order valence-corrected chi connectivity index (χ1v) is 8.92. The number of thiazole rings is 1. The predicted octanol–water partition coefficient (Wildman–Crippen LogP) is 3.73. The highest BCUT2D eigenvalue weighted by molar-refractivity contribution is 7.17. The van der Waals surface area contributed by atoms with E-state index >= 15 is 0 Å². The van der Waals surface area contributed by atoms with Crippen molar-refractivity contribution in [2.75, 3.05) is 10.7 Å². The minimum absolute atomic E-state index is 0.130. The van der Waals surface area contributed by atoms with Crippen molar-refractivity contribution in [1.29, 1.82) is 0 Å². The first-order valence-electron chi connectivity index (χ1n) is 7.34. The highest BCUT2D eigenvalue weighted by Crippen LogP contribution is 2.29.